The molecule has 1 heterocycles. The summed E-state index contributed by atoms with van der Waals surface area (Å²) in [5.41, 5.74) is 1.11. The molecule has 0 spiro atoms. The van der Waals surface area contributed by atoms with Crippen molar-refractivity contribution in [1.29, 1.82) is 0 Å². The molecule has 1 fully saturated rings. The minimum Gasteiger partial charge on any atom is -0.339 e. The van der Waals surface area contributed by atoms with E-state index in [0.29, 0.717) is 12.5 Å². The van der Waals surface area contributed by atoms with Crippen LogP contribution in [0.1, 0.15) is 24.8 Å². The van der Waals surface area contributed by atoms with Crippen LogP contribution >= 0.6 is 11.6 Å². The Bertz CT molecular complexity index is 489. The molecule has 1 aliphatic heterocycles. The molecule has 1 saturated heterocycles. The molecule has 1 aromatic carbocycles. The number of nitrogens with zero attached hydrogens (tertiary/aromatic N) is 1. The zero-order valence-electron chi connectivity index (χ0n) is 12.4. The Balaban J connectivity index is 1.85. The van der Waals surface area contributed by atoms with Gasteiger partial charge >= 0.3 is 0 Å². The first-order valence-electron chi connectivity index (χ1n) is 7.57. The summed E-state index contributed by atoms with van der Waals surface area (Å²) in [7, 11) is 0. The van der Waals surface area contributed by atoms with Crippen molar-refractivity contribution < 1.29 is 4.79 Å². The molecular formula is C17H23ClN2O. The van der Waals surface area contributed by atoms with Gasteiger partial charge in [-0.3, -0.25) is 4.79 Å². The molecule has 2 rings (SSSR count). The van der Waals surface area contributed by atoms with Gasteiger partial charge < -0.3 is 10.2 Å². The third-order valence-electron chi connectivity index (χ3n) is 3.98. The lowest BCUT2D eigenvalue weighted by Gasteiger charge is -2.25. The second-order valence-electron chi connectivity index (χ2n) is 5.40. The summed E-state index contributed by atoms with van der Waals surface area (Å²) < 4.78 is 0. The molecule has 1 unspecified atom stereocenters. The van der Waals surface area contributed by atoms with Crippen molar-refractivity contribution in [2.45, 2.75) is 31.7 Å². The molecule has 0 bridgehead atoms. The highest BCUT2D eigenvalue weighted by atomic mass is 35.5. The van der Waals surface area contributed by atoms with Crippen LogP contribution in [0.3, 0.4) is 0 Å². The normalized spacial score (nSPS) is 18.2. The molecule has 0 saturated carbocycles. The zero-order chi connectivity index (χ0) is 15.1. The van der Waals surface area contributed by atoms with Crippen LogP contribution in [0.25, 0.3) is 0 Å². The second-order valence-corrected chi connectivity index (χ2v) is 5.81. The molecule has 3 nitrogen and oxygen atoms in total. The van der Waals surface area contributed by atoms with Gasteiger partial charge in [0.05, 0.1) is 0 Å². The third-order valence-corrected chi connectivity index (χ3v) is 4.34. The second kappa shape index (κ2) is 8.20. The predicted molar refractivity (Wildman–Crippen MR) is 87.6 cm³/mol. The standard InChI is InChI=1S/C17H23ClN2O/c1-2-11-19-12-9-15-7-8-17(21)20(15)13-10-14-5-3-4-6-16(14)18/h2-6,15,19H,1,7-13H2. The van der Waals surface area contributed by atoms with Crippen LogP contribution in [-0.2, 0) is 11.2 Å². The molecule has 1 N–H and O–H groups in total. The molecule has 4 heteroatoms. The highest BCUT2D eigenvalue weighted by Gasteiger charge is 2.29. The predicted octanol–water partition coefficient (Wildman–Crippen LogP) is 3.04. The van der Waals surface area contributed by atoms with Gasteiger partial charge in [0, 0.05) is 30.6 Å². The Hall–Kier alpha value is -1.32. The Morgan fingerprint density at radius 1 is 1.43 bits per heavy atom. The first-order valence-corrected chi connectivity index (χ1v) is 7.94. The Morgan fingerprint density at radius 2 is 2.24 bits per heavy atom. The van der Waals surface area contributed by atoms with Crippen molar-refractivity contribution in [3.05, 3.63) is 47.5 Å². The van der Waals surface area contributed by atoms with Gasteiger partial charge in [-0.1, -0.05) is 35.9 Å². The van der Waals surface area contributed by atoms with Gasteiger partial charge in [0.2, 0.25) is 5.91 Å². The summed E-state index contributed by atoms with van der Waals surface area (Å²) in [6.07, 6.45) is 5.32. The number of halogens is 1. The lowest BCUT2D eigenvalue weighted by Crippen LogP contribution is -2.36. The molecule has 0 aliphatic carbocycles. The van der Waals surface area contributed by atoms with E-state index in [1.807, 2.05) is 35.2 Å². The van der Waals surface area contributed by atoms with Gasteiger partial charge in [0.1, 0.15) is 0 Å². The van der Waals surface area contributed by atoms with Gasteiger partial charge in [0.15, 0.2) is 0 Å². The topological polar surface area (TPSA) is 32.3 Å². The minimum atomic E-state index is 0.274. The van der Waals surface area contributed by atoms with Crippen molar-refractivity contribution >= 4 is 17.5 Å². The van der Waals surface area contributed by atoms with Gasteiger partial charge in [-0.2, -0.15) is 0 Å². The van der Waals surface area contributed by atoms with Crippen molar-refractivity contribution in [3.8, 4) is 0 Å². The summed E-state index contributed by atoms with van der Waals surface area (Å²) in [4.78, 5) is 14.1. The summed E-state index contributed by atoms with van der Waals surface area (Å²) >= 11 is 6.18. The summed E-state index contributed by atoms with van der Waals surface area (Å²) in [6.45, 7) is 6.19. The first kappa shape index (κ1) is 16.1. The van der Waals surface area contributed by atoms with Crippen LogP contribution in [0, 0.1) is 0 Å². The molecule has 0 radical (unpaired) electrons. The van der Waals surface area contributed by atoms with Gasteiger partial charge in [-0.05, 0) is 37.4 Å². The maximum Gasteiger partial charge on any atom is 0.222 e. The SMILES string of the molecule is C=CCNCCC1CCC(=O)N1CCc1ccccc1Cl. The number of rotatable bonds is 8. The van der Waals surface area contributed by atoms with E-state index in [0.717, 1.165) is 49.5 Å². The van der Waals surface area contributed by atoms with Crippen molar-refractivity contribution in [3.63, 3.8) is 0 Å². The summed E-state index contributed by atoms with van der Waals surface area (Å²) in [5.74, 6) is 0.274. The first-order chi connectivity index (χ1) is 10.2. The van der Waals surface area contributed by atoms with Crippen LogP contribution < -0.4 is 5.32 Å². The average Bonchev–Trinajstić information content (AvgIpc) is 2.83. The van der Waals surface area contributed by atoms with Crippen LogP contribution in [0.2, 0.25) is 5.02 Å². The van der Waals surface area contributed by atoms with Gasteiger partial charge in [-0.15, -0.1) is 6.58 Å². The third kappa shape index (κ3) is 4.58. The molecule has 0 aromatic heterocycles. The fraction of sp³-hybridized carbons (Fsp3) is 0.471. The van der Waals surface area contributed by atoms with Crippen LogP contribution in [0.15, 0.2) is 36.9 Å². The van der Waals surface area contributed by atoms with Crippen molar-refractivity contribution in [2.75, 3.05) is 19.6 Å². The number of benzene rings is 1. The van der Waals surface area contributed by atoms with E-state index >= 15 is 0 Å². The van der Waals surface area contributed by atoms with E-state index in [1.165, 1.54) is 0 Å². The fourth-order valence-electron chi connectivity index (χ4n) is 2.82. The molecule has 21 heavy (non-hydrogen) atoms. The number of likely N-dealkylation sites (tertiary alicyclic amines) is 1. The average molecular weight is 307 g/mol. The highest BCUT2D eigenvalue weighted by molar-refractivity contribution is 6.31. The number of hydrogen-bond acceptors (Lipinski definition) is 2. The van der Waals surface area contributed by atoms with E-state index < -0.39 is 0 Å². The Kier molecular flexibility index (Phi) is 6.27. The van der Waals surface area contributed by atoms with E-state index in [4.69, 9.17) is 11.6 Å². The van der Waals surface area contributed by atoms with Gasteiger partial charge in [-0.25, -0.2) is 0 Å². The summed E-state index contributed by atoms with van der Waals surface area (Å²) in [6, 6.07) is 8.21. The fourth-order valence-corrected chi connectivity index (χ4v) is 3.05. The van der Waals surface area contributed by atoms with Crippen molar-refractivity contribution in [2.24, 2.45) is 0 Å². The summed E-state index contributed by atoms with van der Waals surface area (Å²) in [5, 5.41) is 4.09. The zero-order valence-corrected chi connectivity index (χ0v) is 13.1. The van der Waals surface area contributed by atoms with E-state index in [-0.39, 0.29) is 5.91 Å². The molecule has 114 valence electrons. The number of amides is 1. The molecule has 1 aliphatic rings. The van der Waals surface area contributed by atoms with E-state index in [1.54, 1.807) is 0 Å². The number of hydrogen-bond donors (Lipinski definition) is 1. The maximum absolute atomic E-state index is 12.0. The molecule has 1 atom stereocenters. The Labute approximate surface area is 132 Å². The largest absolute Gasteiger partial charge is 0.339 e. The van der Waals surface area contributed by atoms with Crippen LogP contribution in [0.4, 0.5) is 0 Å². The molecule has 1 aromatic rings. The lowest BCUT2D eigenvalue weighted by atomic mass is 10.1. The minimum absolute atomic E-state index is 0.274. The number of nitrogens with one attached hydrogen (secondary N) is 1. The maximum atomic E-state index is 12.0. The number of carbonyl (C=O) groups excluding carboxylic acids is 1. The molecular weight excluding hydrogens is 284 g/mol. The highest BCUT2D eigenvalue weighted by Crippen LogP contribution is 2.23. The Morgan fingerprint density at radius 3 is 3.00 bits per heavy atom. The monoisotopic (exact) mass is 306 g/mol. The number of carbonyl (C=O) groups is 1. The lowest BCUT2D eigenvalue weighted by molar-refractivity contribution is -0.129. The van der Waals surface area contributed by atoms with Crippen LogP contribution in [0.5, 0.6) is 0 Å². The quantitative estimate of drug-likeness (QED) is 0.591. The van der Waals surface area contributed by atoms with E-state index in [2.05, 4.69) is 11.9 Å². The molecule has 1 amide bonds. The van der Waals surface area contributed by atoms with Crippen LogP contribution in [-0.4, -0.2) is 36.5 Å². The van der Waals surface area contributed by atoms with Crippen molar-refractivity contribution in [1.82, 2.24) is 10.2 Å². The van der Waals surface area contributed by atoms with Gasteiger partial charge in [0.25, 0.3) is 0 Å². The van der Waals surface area contributed by atoms with E-state index in [9.17, 15) is 4.79 Å². The smallest absolute Gasteiger partial charge is 0.222 e.